The van der Waals surface area contributed by atoms with E-state index in [1.165, 1.54) is 6.92 Å². The standard InChI is InChI=1S/C10H12N2O3/c1-7(10(13)14)11-12-8-4-3-5-9(6-8)15-2/h3-6,12H,1-2H3,(H,13,14)/b11-7+. The lowest BCUT2D eigenvalue weighted by Crippen LogP contribution is -2.10. The average Bonchev–Trinajstić information content (AvgIpc) is 2.26. The first-order valence-corrected chi connectivity index (χ1v) is 4.31. The van der Waals surface area contributed by atoms with Crippen molar-refractivity contribution in [1.82, 2.24) is 0 Å². The molecule has 0 atom stereocenters. The number of rotatable bonds is 4. The number of benzene rings is 1. The molecule has 0 amide bonds. The molecule has 0 fully saturated rings. The molecular weight excluding hydrogens is 196 g/mol. The van der Waals surface area contributed by atoms with Crippen molar-refractivity contribution in [2.75, 3.05) is 12.5 Å². The highest BCUT2D eigenvalue weighted by atomic mass is 16.5. The number of hydrazone groups is 1. The summed E-state index contributed by atoms with van der Waals surface area (Å²) in [4.78, 5) is 10.4. The predicted molar refractivity (Wildman–Crippen MR) is 57.4 cm³/mol. The van der Waals surface area contributed by atoms with Gasteiger partial charge in [-0.25, -0.2) is 4.79 Å². The van der Waals surface area contributed by atoms with Gasteiger partial charge in [-0.3, -0.25) is 5.43 Å². The third kappa shape index (κ3) is 3.30. The van der Waals surface area contributed by atoms with Crippen LogP contribution in [0.2, 0.25) is 0 Å². The Balaban J connectivity index is 2.73. The highest BCUT2D eigenvalue weighted by Crippen LogP contribution is 2.16. The van der Waals surface area contributed by atoms with Crippen LogP contribution in [0, 0.1) is 0 Å². The number of nitrogens with one attached hydrogen (secondary N) is 1. The molecule has 15 heavy (non-hydrogen) atoms. The van der Waals surface area contributed by atoms with Crippen LogP contribution in [0.15, 0.2) is 29.4 Å². The summed E-state index contributed by atoms with van der Waals surface area (Å²) in [6, 6.07) is 7.06. The van der Waals surface area contributed by atoms with Crippen molar-refractivity contribution in [2.45, 2.75) is 6.92 Å². The number of carbonyl (C=O) groups is 1. The zero-order valence-electron chi connectivity index (χ0n) is 8.52. The van der Waals surface area contributed by atoms with Crippen LogP contribution in [0.3, 0.4) is 0 Å². The van der Waals surface area contributed by atoms with Gasteiger partial charge in [0.25, 0.3) is 0 Å². The Morgan fingerprint density at radius 2 is 2.27 bits per heavy atom. The summed E-state index contributed by atoms with van der Waals surface area (Å²) in [5, 5.41) is 12.2. The summed E-state index contributed by atoms with van der Waals surface area (Å²) in [6.07, 6.45) is 0. The van der Waals surface area contributed by atoms with Gasteiger partial charge in [-0.15, -0.1) is 0 Å². The number of carboxylic acids is 1. The van der Waals surface area contributed by atoms with Crippen molar-refractivity contribution in [2.24, 2.45) is 5.10 Å². The minimum Gasteiger partial charge on any atom is -0.497 e. The zero-order valence-corrected chi connectivity index (χ0v) is 8.52. The number of hydrogen-bond donors (Lipinski definition) is 2. The monoisotopic (exact) mass is 208 g/mol. The van der Waals surface area contributed by atoms with E-state index in [2.05, 4.69) is 10.5 Å². The Hall–Kier alpha value is -2.04. The van der Waals surface area contributed by atoms with E-state index in [0.717, 1.165) is 0 Å². The third-order valence-corrected chi connectivity index (χ3v) is 1.73. The van der Waals surface area contributed by atoms with E-state index in [1.54, 1.807) is 31.4 Å². The zero-order chi connectivity index (χ0) is 11.3. The second-order valence-corrected chi connectivity index (χ2v) is 2.85. The largest absolute Gasteiger partial charge is 0.497 e. The molecule has 2 N–H and O–H groups in total. The van der Waals surface area contributed by atoms with Gasteiger partial charge in [-0.05, 0) is 19.1 Å². The number of hydrogen-bond acceptors (Lipinski definition) is 4. The topological polar surface area (TPSA) is 70.9 Å². The molecule has 0 heterocycles. The lowest BCUT2D eigenvalue weighted by molar-refractivity contribution is -0.129. The average molecular weight is 208 g/mol. The molecule has 0 aliphatic heterocycles. The Morgan fingerprint density at radius 1 is 1.53 bits per heavy atom. The quantitative estimate of drug-likeness (QED) is 0.582. The molecule has 1 rings (SSSR count). The molecule has 0 unspecified atom stereocenters. The van der Waals surface area contributed by atoms with Crippen LogP contribution in [0.5, 0.6) is 5.75 Å². The van der Waals surface area contributed by atoms with Gasteiger partial charge in [0.1, 0.15) is 11.5 Å². The van der Waals surface area contributed by atoms with Crippen LogP contribution < -0.4 is 10.2 Å². The normalized spacial score (nSPS) is 10.9. The highest BCUT2D eigenvalue weighted by Gasteiger charge is 2.00. The Morgan fingerprint density at radius 3 is 2.87 bits per heavy atom. The summed E-state index contributed by atoms with van der Waals surface area (Å²) in [7, 11) is 1.56. The Bertz CT molecular complexity index is 388. The maximum absolute atomic E-state index is 10.4. The molecule has 5 nitrogen and oxygen atoms in total. The van der Waals surface area contributed by atoms with Crippen LogP contribution in [0.4, 0.5) is 5.69 Å². The van der Waals surface area contributed by atoms with Crippen molar-refractivity contribution in [3.05, 3.63) is 24.3 Å². The van der Waals surface area contributed by atoms with E-state index < -0.39 is 5.97 Å². The fraction of sp³-hybridized carbons (Fsp3) is 0.200. The van der Waals surface area contributed by atoms with Crippen molar-refractivity contribution in [3.8, 4) is 5.75 Å². The number of methoxy groups -OCH3 is 1. The van der Waals surface area contributed by atoms with Gasteiger partial charge in [-0.2, -0.15) is 5.10 Å². The number of carboxylic acid groups (broad SMARTS) is 1. The summed E-state index contributed by atoms with van der Waals surface area (Å²) >= 11 is 0. The molecule has 0 bridgehead atoms. The van der Waals surface area contributed by atoms with Gasteiger partial charge < -0.3 is 9.84 Å². The molecule has 0 aliphatic carbocycles. The van der Waals surface area contributed by atoms with Gasteiger partial charge in [0.2, 0.25) is 0 Å². The molecule has 1 aromatic rings. The minimum atomic E-state index is -1.05. The van der Waals surface area contributed by atoms with E-state index in [0.29, 0.717) is 11.4 Å². The molecule has 0 saturated carbocycles. The minimum absolute atomic E-state index is 0.00202. The second-order valence-electron chi connectivity index (χ2n) is 2.85. The third-order valence-electron chi connectivity index (χ3n) is 1.73. The predicted octanol–water partition coefficient (Wildman–Crippen LogP) is 1.57. The van der Waals surface area contributed by atoms with Crippen LogP contribution in [-0.4, -0.2) is 23.9 Å². The molecule has 0 spiro atoms. The smallest absolute Gasteiger partial charge is 0.351 e. The van der Waals surface area contributed by atoms with Crippen LogP contribution in [0.25, 0.3) is 0 Å². The Kier molecular flexibility index (Phi) is 3.68. The molecular formula is C10H12N2O3. The first-order chi connectivity index (χ1) is 7.13. The molecule has 1 aromatic carbocycles. The maximum Gasteiger partial charge on any atom is 0.351 e. The highest BCUT2D eigenvalue weighted by molar-refractivity contribution is 6.34. The van der Waals surface area contributed by atoms with Crippen LogP contribution in [-0.2, 0) is 4.79 Å². The van der Waals surface area contributed by atoms with Gasteiger partial charge >= 0.3 is 5.97 Å². The van der Waals surface area contributed by atoms with E-state index in [9.17, 15) is 4.79 Å². The van der Waals surface area contributed by atoms with E-state index >= 15 is 0 Å². The van der Waals surface area contributed by atoms with Gasteiger partial charge in [0.15, 0.2) is 0 Å². The maximum atomic E-state index is 10.4. The van der Waals surface area contributed by atoms with Crippen LogP contribution >= 0.6 is 0 Å². The number of anilines is 1. The molecule has 0 aliphatic rings. The van der Waals surface area contributed by atoms with Crippen LogP contribution in [0.1, 0.15) is 6.92 Å². The lowest BCUT2D eigenvalue weighted by Gasteiger charge is -2.03. The summed E-state index contributed by atoms with van der Waals surface area (Å²) in [5.41, 5.74) is 3.30. The Labute approximate surface area is 87.4 Å². The van der Waals surface area contributed by atoms with Crippen molar-refractivity contribution >= 4 is 17.4 Å². The number of nitrogens with zero attached hydrogens (tertiary/aromatic N) is 1. The first-order valence-electron chi connectivity index (χ1n) is 4.31. The summed E-state index contributed by atoms with van der Waals surface area (Å²) in [6.45, 7) is 1.41. The van der Waals surface area contributed by atoms with Crippen molar-refractivity contribution in [3.63, 3.8) is 0 Å². The molecule has 0 aromatic heterocycles. The molecule has 0 saturated heterocycles. The van der Waals surface area contributed by atoms with Gasteiger partial charge in [0.05, 0.1) is 12.8 Å². The lowest BCUT2D eigenvalue weighted by atomic mass is 10.3. The fourth-order valence-electron chi connectivity index (χ4n) is 0.889. The van der Waals surface area contributed by atoms with Gasteiger partial charge in [-0.1, -0.05) is 6.07 Å². The summed E-state index contributed by atoms with van der Waals surface area (Å²) < 4.78 is 5.00. The number of ether oxygens (including phenoxy) is 1. The van der Waals surface area contributed by atoms with E-state index in [-0.39, 0.29) is 5.71 Å². The fourth-order valence-corrected chi connectivity index (χ4v) is 0.889. The van der Waals surface area contributed by atoms with E-state index in [4.69, 9.17) is 9.84 Å². The van der Waals surface area contributed by atoms with Gasteiger partial charge in [0, 0.05) is 6.07 Å². The molecule has 80 valence electrons. The first kappa shape index (κ1) is 11.0. The molecule has 5 heteroatoms. The van der Waals surface area contributed by atoms with Crippen molar-refractivity contribution in [1.29, 1.82) is 0 Å². The summed E-state index contributed by atoms with van der Waals surface area (Å²) in [5.74, 6) is -0.367. The molecule has 0 radical (unpaired) electrons. The second kappa shape index (κ2) is 4.99. The number of aliphatic carboxylic acids is 1. The SMILES string of the molecule is COc1cccc(N/N=C(\C)C(=O)O)c1. The van der Waals surface area contributed by atoms with E-state index in [1.807, 2.05) is 0 Å². The van der Waals surface area contributed by atoms with Crippen molar-refractivity contribution < 1.29 is 14.6 Å².